The van der Waals surface area contributed by atoms with Gasteiger partial charge in [-0.2, -0.15) is 13.5 Å². The average molecular weight is 365 g/mol. The van der Waals surface area contributed by atoms with E-state index in [1.165, 1.54) is 62.9 Å². The highest BCUT2D eigenvalue weighted by atomic mass is 32.2. The summed E-state index contributed by atoms with van der Waals surface area (Å²) >= 11 is 0. The topological polar surface area (TPSA) is 120 Å². The molecule has 1 N–H and O–H groups in total. The molecule has 2 aromatic rings. The summed E-state index contributed by atoms with van der Waals surface area (Å²) in [5.74, 6) is 0.667. The van der Waals surface area contributed by atoms with E-state index in [0.29, 0.717) is 11.3 Å². The zero-order valence-corrected chi connectivity index (χ0v) is 14.2. The van der Waals surface area contributed by atoms with Crippen LogP contribution in [-0.2, 0) is 10.0 Å². The Morgan fingerprint density at radius 3 is 2.28 bits per heavy atom. The lowest BCUT2D eigenvalue weighted by Gasteiger charge is -2.09. The van der Waals surface area contributed by atoms with Crippen LogP contribution in [0.4, 0.5) is 5.69 Å². The van der Waals surface area contributed by atoms with Crippen LogP contribution in [0.1, 0.15) is 5.56 Å². The molecule has 0 amide bonds. The zero-order chi connectivity index (χ0) is 18.4. The summed E-state index contributed by atoms with van der Waals surface area (Å²) in [6.45, 7) is 0. The van der Waals surface area contributed by atoms with Crippen molar-refractivity contribution >= 4 is 21.9 Å². The molecule has 0 aliphatic heterocycles. The van der Waals surface area contributed by atoms with Gasteiger partial charge in [-0.05, 0) is 29.8 Å². The van der Waals surface area contributed by atoms with Crippen LogP contribution in [0, 0.1) is 10.1 Å². The van der Waals surface area contributed by atoms with Gasteiger partial charge in [0, 0.05) is 18.2 Å². The van der Waals surface area contributed by atoms with Crippen LogP contribution in [0.25, 0.3) is 0 Å². The van der Waals surface area contributed by atoms with Crippen molar-refractivity contribution in [2.24, 2.45) is 5.10 Å². The Morgan fingerprint density at radius 1 is 1.08 bits per heavy atom. The molecule has 0 unspecified atom stereocenters. The third kappa shape index (κ3) is 4.44. The van der Waals surface area contributed by atoms with Gasteiger partial charge in [-0.3, -0.25) is 10.1 Å². The van der Waals surface area contributed by atoms with Crippen LogP contribution in [0.15, 0.2) is 52.5 Å². The Labute approximate surface area is 144 Å². The van der Waals surface area contributed by atoms with Gasteiger partial charge >= 0.3 is 0 Å². The van der Waals surface area contributed by atoms with Crippen LogP contribution in [0.3, 0.4) is 0 Å². The van der Waals surface area contributed by atoms with Crippen LogP contribution >= 0.6 is 0 Å². The van der Waals surface area contributed by atoms with E-state index in [4.69, 9.17) is 9.47 Å². The fraction of sp³-hybridized carbons (Fsp3) is 0.133. The second-order valence-corrected chi connectivity index (χ2v) is 6.38. The van der Waals surface area contributed by atoms with Gasteiger partial charge in [0.05, 0.1) is 30.3 Å². The molecule has 2 rings (SSSR count). The normalized spacial score (nSPS) is 11.3. The molecule has 0 aliphatic rings. The molecular formula is C15H15N3O6S. The predicted molar refractivity (Wildman–Crippen MR) is 90.6 cm³/mol. The maximum Gasteiger partial charge on any atom is 0.276 e. The number of benzene rings is 2. The van der Waals surface area contributed by atoms with Gasteiger partial charge in [0.25, 0.3) is 15.7 Å². The number of nitrogens with one attached hydrogen (secondary N) is 1. The Morgan fingerprint density at radius 2 is 1.72 bits per heavy atom. The molecule has 9 nitrogen and oxygen atoms in total. The minimum atomic E-state index is -3.90. The number of ether oxygens (including phenoxy) is 2. The van der Waals surface area contributed by atoms with E-state index in [2.05, 4.69) is 9.93 Å². The lowest BCUT2D eigenvalue weighted by molar-refractivity contribution is -0.384. The van der Waals surface area contributed by atoms with Gasteiger partial charge in [-0.1, -0.05) is 0 Å². The largest absolute Gasteiger partial charge is 0.493 e. The summed E-state index contributed by atoms with van der Waals surface area (Å²) in [6, 6.07) is 9.62. The fourth-order valence-corrected chi connectivity index (χ4v) is 2.70. The van der Waals surface area contributed by atoms with Crippen molar-refractivity contribution in [2.75, 3.05) is 14.2 Å². The minimum absolute atomic E-state index is 0.0500. The highest BCUT2D eigenvalue weighted by Gasteiger charge is 2.16. The molecule has 0 heterocycles. The van der Waals surface area contributed by atoms with E-state index >= 15 is 0 Å². The van der Waals surface area contributed by atoms with Gasteiger partial charge in [0.15, 0.2) is 11.5 Å². The molecule has 0 fully saturated rings. The molecule has 0 aliphatic carbocycles. The lowest BCUT2D eigenvalue weighted by Crippen LogP contribution is -2.18. The smallest absolute Gasteiger partial charge is 0.276 e. The lowest BCUT2D eigenvalue weighted by atomic mass is 10.2. The van der Waals surface area contributed by atoms with E-state index in [-0.39, 0.29) is 16.3 Å². The van der Waals surface area contributed by atoms with E-state index in [1.807, 2.05) is 0 Å². The molecular weight excluding hydrogens is 350 g/mol. The van der Waals surface area contributed by atoms with E-state index in [9.17, 15) is 18.5 Å². The Kier molecular flexibility index (Phi) is 5.55. The van der Waals surface area contributed by atoms with Crippen LogP contribution in [-0.4, -0.2) is 33.8 Å². The molecule has 25 heavy (non-hydrogen) atoms. The second kappa shape index (κ2) is 7.62. The van der Waals surface area contributed by atoms with Crippen LogP contribution < -0.4 is 14.3 Å². The number of sulfonamides is 1. The first-order valence-electron chi connectivity index (χ1n) is 6.88. The number of non-ortho nitro benzene ring substituents is 1. The quantitative estimate of drug-likeness (QED) is 0.455. The average Bonchev–Trinajstić information content (AvgIpc) is 2.61. The number of nitro groups is 1. The van der Waals surface area contributed by atoms with Crippen molar-refractivity contribution < 1.29 is 22.8 Å². The van der Waals surface area contributed by atoms with E-state index in [1.54, 1.807) is 0 Å². The summed E-state index contributed by atoms with van der Waals surface area (Å²) in [7, 11) is -1.06. The minimum Gasteiger partial charge on any atom is -0.493 e. The molecule has 10 heteroatoms. The van der Waals surface area contributed by atoms with Crippen molar-refractivity contribution in [3.63, 3.8) is 0 Å². The maximum absolute atomic E-state index is 12.2. The highest BCUT2D eigenvalue weighted by molar-refractivity contribution is 7.89. The first-order valence-corrected chi connectivity index (χ1v) is 8.37. The van der Waals surface area contributed by atoms with Gasteiger partial charge in [-0.15, -0.1) is 0 Å². The van der Waals surface area contributed by atoms with Crippen LogP contribution in [0.2, 0.25) is 0 Å². The molecule has 0 saturated carbocycles. The summed E-state index contributed by atoms with van der Waals surface area (Å²) in [4.78, 5) is 12.1. The SMILES string of the molecule is COc1ccc(S(=O)(=O)N/N=C/c2ccc([N+](=O)[O-])cc2)cc1OC. The Balaban J connectivity index is 2.14. The highest BCUT2D eigenvalue weighted by Crippen LogP contribution is 2.29. The van der Waals surface area contributed by atoms with Crippen molar-refractivity contribution in [1.82, 2.24) is 4.83 Å². The first kappa shape index (κ1) is 18.2. The summed E-state index contributed by atoms with van der Waals surface area (Å²) in [5.41, 5.74) is 0.434. The standard InChI is InChI=1S/C15H15N3O6S/c1-23-14-8-7-13(9-15(14)24-2)25(21,22)17-16-10-11-3-5-12(6-4-11)18(19)20/h3-10,17H,1-2H3/b16-10+. The van der Waals surface area contributed by atoms with Gasteiger partial charge < -0.3 is 9.47 Å². The maximum atomic E-state index is 12.2. The second-order valence-electron chi connectivity index (χ2n) is 4.72. The summed E-state index contributed by atoms with van der Waals surface area (Å²) < 4.78 is 34.6. The molecule has 0 aromatic heterocycles. The fourth-order valence-electron chi connectivity index (χ4n) is 1.89. The molecule has 2 aromatic carbocycles. The van der Waals surface area contributed by atoms with Crippen molar-refractivity contribution in [3.05, 3.63) is 58.1 Å². The molecule has 0 bridgehead atoms. The van der Waals surface area contributed by atoms with Crippen molar-refractivity contribution in [1.29, 1.82) is 0 Å². The van der Waals surface area contributed by atoms with Gasteiger partial charge in [0.2, 0.25) is 0 Å². The molecule has 132 valence electrons. The van der Waals surface area contributed by atoms with E-state index in [0.717, 1.165) is 0 Å². The number of hydrogen-bond acceptors (Lipinski definition) is 7. The third-order valence-electron chi connectivity index (χ3n) is 3.16. The Hall–Kier alpha value is -3.14. The molecule has 0 atom stereocenters. The third-order valence-corrected chi connectivity index (χ3v) is 4.38. The molecule has 0 saturated heterocycles. The van der Waals surface area contributed by atoms with E-state index < -0.39 is 14.9 Å². The zero-order valence-electron chi connectivity index (χ0n) is 13.4. The first-order chi connectivity index (χ1) is 11.9. The monoisotopic (exact) mass is 365 g/mol. The summed E-state index contributed by atoms with van der Waals surface area (Å²) in [6.07, 6.45) is 1.24. The number of methoxy groups -OCH3 is 2. The number of rotatable bonds is 7. The molecule has 0 radical (unpaired) electrons. The Bertz CT molecular complexity index is 894. The molecule has 0 spiro atoms. The number of nitrogens with zero attached hydrogens (tertiary/aromatic N) is 2. The van der Waals surface area contributed by atoms with Crippen molar-refractivity contribution in [2.45, 2.75) is 4.90 Å². The number of hydrazone groups is 1. The van der Waals surface area contributed by atoms with Gasteiger partial charge in [0.1, 0.15) is 0 Å². The number of hydrogen-bond donors (Lipinski definition) is 1. The van der Waals surface area contributed by atoms with Crippen molar-refractivity contribution in [3.8, 4) is 11.5 Å². The number of nitro benzene ring substituents is 1. The van der Waals surface area contributed by atoms with Gasteiger partial charge in [-0.25, -0.2) is 4.83 Å². The predicted octanol–water partition coefficient (Wildman–Crippen LogP) is 1.92. The van der Waals surface area contributed by atoms with Crippen LogP contribution in [0.5, 0.6) is 11.5 Å². The summed E-state index contributed by atoms with van der Waals surface area (Å²) in [5, 5.41) is 14.2.